The van der Waals surface area contributed by atoms with Crippen LogP contribution in [0.2, 0.25) is 5.02 Å². The first-order chi connectivity index (χ1) is 9.54. The highest BCUT2D eigenvalue weighted by atomic mass is 35.5. The van der Waals surface area contributed by atoms with Gasteiger partial charge in [0.25, 0.3) is 5.91 Å². The molecule has 6 heteroatoms. The summed E-state index contributed by atoms with van der Waals surface area (Å²) in [6.07, 6.45) is 1.11. The number of piperidine rings is 1. The van der Waals surface area contributed by atoms with Gasteiger partial charge >= 0.3 is 0 Å². The number of amides is 2. The van der Waals surface area contributed by atoms with Crippen LogP contribution in [-0.4, -0.2) is 31.0 Å². The summed E-state index contributed by atoms with van der Waals surface area (Å²) < 4.78 is 5.46. The summed E-state index contributed by atoms with van der Waals surface area (Å²) >= 11 is 5.85. The van der Waals surface area contributed by atoms with E-state index < -0.39 is 0 Å². The zero-order valence-electron chi connectivity index (χ0n) is 11.2. The third-order valence-corrected chi connectivity index (χ3v) is 3.36. The molecule has 1 fully saturated rings. The fraction of sp³-hybridized carbons (Fsp3) is 0.429. The van der Waals surface area contributed by atoms with E-state index in [1.54, 1.807) is 18.2 Å². The second-order valence-electron chi connectivity index (χ2n) is 4.81. The molecular weight excluding hydrogens is 280 g/mol. The second-order valence-corrected chi connectivity index (χ2v) is 5.24. The quantitative estimate of drug-likeness (QED) is 0.883. The lowest BCUT2D eigenvalue weighted by Gasteiger charge is -2.23. The molecule has 1 aliphatic heterocycles. The van der Waals surface area contributed by atoms with E-state index in [9.17, 15) is 9.59 Å². The average molecular weight is 297 g/mol. The maximum absolute atomic E-state index is 11.8. The third-order valence-electron chi connectivity index (χ3n) is 3.13. The lowest BCUT2D eigenvalue weighted by molar-refractivity contribution is -0.126. The van der Waals surface area contributed by atoms with Gasteiger partial charge in [0.2, 0.25) is 5.91 Å². The number of carbonyl (C=O) groups is 2. The first kappa shape index (κ1) is 14.7. The van der Waals surface area contributed by atoms with Crippen molar-refractivity contribution in [2.24, 2.45) is 0 Å². The number of benzene rings is 1. The van der Waals surface area contributed by atoms with Crippen molar-refractivity contribution in [1.29, 1.82) is 0 Å². The summed E-state index contributed by atoms with van der Waals surface area (Å²) in [6.45, 7) is 2.30. The first-order valence-corrected chi connectivity index (χ1v) is 6.87. The fourth-order valence-electron chi connectivity index (χ4n) is 2.04. The van der Waals surface area contributed by atoms with Crippen molar-refractivity contribution in [2.45, 2.75) is 25.8 Å². The summed E-state index contributed by atoms with van der Waals surface area (Å²) in [5, 5.41) is 6.19. The van der Waals surface area contributed by atoms with Crippen LogP contribution in [0.1, 0.15) is 18.4 Å². The smallest absolute Gasteiger partial charge is 0.258 e. The molecule has 0 radical (unpaired) electrons. The van der Waals surface area contributed by atoms with Crippen molar-refractivity contribution >= 4 is 23.4 Å². The van der Waals surface area contributed by atoms with Gasteiger partial charge in [0, 0.05) is 24.0 Å². The molecule has 108 valence electrons. The molecule has 0 bridgehead atoms. The minimum atomic E-state index is -0.194. The normalized spacial score (nSPS) is 18.3. The summed E-state index contributed by atoms with van der Waals surface area (Å²) in [7, 11) is 0. The summed E-state index contributed by atoms with van der Waals surface area (Å²) in [5.74, 6) is 0.477. The van der Waals surface area contributed by atoms with Gasteiger partial charge in [-0.25, -0.2) is 0 Å². The van der Waals surface area contributed by atoms with Crippen molar-refractivity contribution in [2.75, 3.05) is 13.2 Å². The van der Waals surface area contributed by atoms with Crippen LogP contribution in [0.15, 0.2) is 18.2 Å². The number of ether oxygens (including phenoxy) is 1. The number of hydrogen-bond donors (Lipinski definition) is 2. The van der Waals surface area contributed by atoms with E-state index in [2.05, 4.69) is 10.6 Å². The Morgan fingerprint density at radius 3 is 3.00 bits per heavy atom. The van der Waals surface area contributed by atoms with Crippen LogP contribution in [0.3, 0.4) is 0 Å². The van der Waals surface area contributed by atoms with Crippen molar-refractivity contribution in [1.82, 2.24) is 10.6 Å². The van der Waals surface area contributed by atoms with Gasteiger partial charge in [0.1, 0.15) is 5.75 Å². The van der Waals surface area contributed by atoms with E-state index in [0.29, 0.717) is 30.2 Å². The topological polar surface area (TPSA) is 67.4 Å². The fourth-order valence-corrected chi connectivity index (χ4v) is 2.27. The van der Waals surface area contributed by atoms with Gasteiger partial charge in [0.05, 0.1) is 0 Å². The lowest BCUT2D eigenvalue weighted by atomic mass is 10.1. The molecule has 1 aromatic carbocycles. The number of nitrogens with one attached hydrogen (secondary N) is 2. The molecular formula is C14H17ClN2O3. The van der Waals surface area contributed by atoms with E-state index in [4.69, 9.17) is 16.3 Å². The maximum Gasteiger partial charge on any atom is 0.258 e. The maximum atomic E-state index is 11.8. The Morgan fingerprint density at radius 2 is 2.35 bits per heavy atom. The Bertz CT molecular complexity index is 509. The summed E-state index contributed by atoms with van der Waals surface area (Å²) in [4.78, 5) is 22.8. The van der Waals surface area contributed by atoms with E-state index in [-0.39, 0.29) is 24.5 Å². The van der Waals surface area contributed by atoms with Gasteiger partial charge < -0.3 is 15.4 Å². The zero-order chi connectivity index (χ0) is 14.5. The number of aryl methyl sites for hydroxylation is 1. The molecule has 0 spiro atoms. The van der Waals surface area contributed by atoms with Crippen molar-refractivity contribution in [3.8, 4) is 5.75 Å². The molecule has 0 aliphatic carbocycles. The van der Waals surface area contributed by atoms with Crippen LogP contribution in [0.5, 0.6) is 5.75 Å². The largest absolute Gasteiger partial charge is 0.484 e. The molecule has 2 amide bonds. The van der Waals surface area contributed by atoms with Crippen molar-refractivity contribution < 1.29 is 14.3 Å². The van der Waals surface area contributed by atoms with Crippen molar-refractivity contribution in [3.63, 3.8) is 0 Å². The van der Waals surface area contributed by atoms with Crippen LogP contribution >= 0.6 is 11.6 Å². The Labute approximate surface area is 122 Å². The number of carbonyl (C=O) groups excluding carboxylic acids is 2. The number of hydrogen-bond acceptors (Lipinski definition) is 3. The van der Waals surface area contributed by atoms with Crippen molar-refractivity contribution in [3.05, 3.63) is 28.8 Å². The monoisotopic (exact) mass is 296 g/mol. The average Bonchev–Trinajstić information content (AvgIpc) is 2.40. The molecule has 1 heterocycles. The minimum absolute atomic E-state index is 0.0184. The minimum Gasteiger partial charge on any atom is -0.484 e. The molecule has 1 atom stereocenters. The molecule has 5 nitrogen and oxygen atoms in total. The van der Waals surface area contributed by atoms with Crippen LogP contribution in [0, 0.1) is 6.92 Å². The molecule has 0 saturated carbocycles. The SMILES string of the molecule is Cc1cc(Cl)ccc1OCC(=O)NC1CCC(=O)NC1. The predicted molar refractivity (Wildman–Crippen MR) is 75.9 cm³/mol. The Kier molecular flexibility index (Phi) is 4.84. The van der Waals surface area contributed by atoms with E-state index >= 15 is 0 Å². The standard InChI is InChI=1S/C14H17ClN2O3/c1-9-6-10(15)2-4-12(9)20-8-14(19)17-11-3-5-13(18)16-7-11/h2,4,6,11H,3,5,7-8H2,1H3,(H,16,18)(H,17,19). The number of rotatable bonds is 4. The summed E-state index contributed by atoms with van der Waals surface area (Å²) in [5.41, 5.74) is 0.884. The molecule has 1 aromatic rings. The molecule has 20 heavy (non-hydrogen) atoms. The first-order valence-electron chi connectivity index (χ1n) is 6.49. The lowest BCUT2D eigenvalue weighted by Crippen LogP contribution is -2.48. The Balaban J connectivity index is 1.78. The van der Waals surface area contributed by atoms with Crippen LogP contribution in [0.4, 0.5) is 0 Å². The van der Waals surface area contributed by atoms with Gasteiger partial charge in [-0.15, -0.1) is 0 Å². The van der Waals surface area contributed by atoms with Gasteiger partial charge in [-0.1, -0.05) is 11.6 Å². The highest BCUT2D eigenvalue weighted by molar-refractivity contribution is 6.30. The molecule has 1 unspecified atom stereocenters. The Hall–Kier alpha value is -1.75. The van der Waals surface area contributed by atoms with Crippen LogP contribution < -0.4 is 15.4 Å². The molecule has 1 saturated heterocycles. The Morgan fingerprint density at radius 1 is 1.55 bits per heavy atom. The second kappa shape index (κ2) is 6.61. The predicted octanol–water partition coefficient (Wildman–Crippen LogP) is 1.42. The van der Waals surface area contributed by atoms with Gasteiger partial charge in [-0.3, -0.25) is 9.59 Å². The number of halogens is 1. The van der Waals surface area contributed by atoms with Crippen LogP contribution in [0.25, 0.3) is 0 Å². The highest BCUT2D eigenvalue weighted by Gasteiger charge is 2.19. The van der Waals surface area contributed by atoms with Crippen LogP contribution in [-0.2, 0) is 9.59 Å². The van der Waals surface area contributed by atoms with Gasteiger partial charge in [-0.05, 0) is 37.1 Å². The van der Waals surface area contributed by atoms with E-state index in [1.165, 1.54) is 0 Å². The highest BCUT2D eigenvalue weighted by Crippen LogP contribution is 2.21. The molecule has 1 aliphatic rings. The van der Waals surface area contributed by atoms with Gasteiger partial charge in [0.15, 0.2) is 6.61 Å². The third kappa shape index (κ3) is 4.13. The van der Waals surface area contributed by atoms with E-state index in [1.807, 2.05) is 6.92 Å². The summed E-state index contributed by atoms with van der Waals surface area (Å²) in [6, 6.07) is 5.23. The molecule has 2 N–H and O–H groups in total. The van der Waals surface area contributed by atoms with E-state index in [0.717, 1.165) is 5.56 Å². The van der Waals surface area contributed by atoms with Gasteiger partial charge in [-0.2, -0.15) is 0 Å². The zero-order valence-corrected chi connectivity index (χ0v) is 12.0. The molecule has 2 rings (SSSR count). The molecule has 0 aromatic heterocycles.